The summed E-state index contributed by atoms with van der Waals surface area (Å²) in [4.78, 5) is 22.5. The summed E-state index contributed by atoms with van der Waals surface area (Å²) in [7, 11) is 0. The largest absolute Gasteiger partial charge is 0.481 e. The van der Waals surface area contributed by atoms with Gasteiger partial charge in [0.05, 0.1) is 12.0 Å². The van der Waals surface area contributed by atoms with E-state index >= 15 is 0 Å². The van der Waals surface area contributed by atoms with Crippen LogP contribution in [0.3, 0.4) is 0 Å². The lowest BCUT2D eigenvalue weighted by atomic mass is 9.78. The van der Waals surface area contributed by atoms with Gasteiger partial charge in [0, 0.05) is 12.6 Å². The standard InChI is InChI=1S/C15H28N2O4/c1-10(2)11-6-4-5-7-12(11)17-14(20)16-9-15(3,21)8-13(18)19/h10-12,21H,4-9H2,1-3H3,(H,18,19)(H2,16,17,20). The van der Waals surface area contributed by atoms with Crippen molar-refractivity contribution in [2.75, 3.05) is 6.54 Å². The van der Waals surface area contributed by atoms with Crippen LogP contribution >= 0.6 is 0 Å². The Hall–Kier alpha value is -1.30. The van der Waals surface area contributed by atoms with Gasteiger partial charge in [0.15, 0.2) is 0 Å². The van der Waals surface area contributed by atoms with E-state index in [0.29, 0.717) is 11.8 Å². The van der Waals surface area contributed by atoms with Crippen molar-refractivity contribution in [3.63, 3.8) is 0 Å². The van der Waals surface area contributed by atoms with Crippen LogP contribution in [0.1, 0.15) is 52.9 Å². The molecule has 0 heterocycles. The molecule has 122 valence electrons. The maximum Gasteiger partial charge on any atom is 0.315 e. The van der Waals surface area contributed by atoms with Gasteiger partial charge in [0.2, 0.25) is 0 Å². The van der Waals surface area contributed by atoms with Crippen molar-refractivity contribution in [2.24, 2.45) is 11.8 Å². The first-order chi connectivity index (χ1) is 9.71. The lowest BCUT2D eigenvalue weighted by molar-refractivity contribution is -0.141. The Labute approximate surface area is 126 Å². The van der Waals surface area contributed by atoms with Gasteiger partial charge in [-0.3, -0.25) is 4.79 Å². The number of carbonyl (C=O) groups is 2. The summed E-state index contributed by atoms with van der Waals surface area (Å²) in [6.07, 6.45) is 4.02. The highest BCUT2D eigenvalue weighted by molar-refractivity contribution is 5.74. The summed E-state index contributed by atoms with van der Waals surface area (Å²) in [5.74, 6) is -0.0934. The van der Waals surface area contributed by atoms with Crippen LogP contribution in [0.5, 0.6) is 0 Å². The van der Waals surface area contributed by atoms with Gasteiger partial charge in [-0.05, 0) is 31.6 Å². The van der Waals surface area contributed by atoms with Crippen molar-refractivity contribution >= 4 is 12.0 Å². The number of amides is 2. The predicted octanol–water partition coefficient (Wildman–Crippen LogP) is 1.73. The average Bonchev–Trinajstić information content (AvgIpc) is 2.35. The molecule has 0 saturated heterocycles. The van der Waals surface area contributed by atoms with Crippen molar-refractivity contribution < 1.29 is 19.8 Å². The third-order valence-electron chi connectivity index (χ3n) is 4.15. The van der Waals surface area contributed by atoms with Gasteiger partial charge in [-0.15, -0.1) is 0 Å². The van der Waals surface area contributed by atoms with E-state index in [0.717, 1.165) is 19.3 Å². The quantitative estimate of drug-likeness (QED) is 0.600. The minimum Gasteiger partial charge on any atom is -0.481 e. The van der Waals surface area contributed by atoms with Gasteiger partial charge in [-0.1, -0.05) is 26.7 Å². The second-order valence-corrected chi connectivity index (χ2v) is 6.69. The fraction of sp³-hybridized carbons (Fsp3) is 0.867. The minimum atomic E-state index is -1.44. The molecule has 0 aromatic heterocycles. The molecule has 2 amide bonds. The number of rotatable bonds is 6. The Bertz CT molecular complexity index is 369. The average molecular weight is 300 g/mol. The van der Waals surface area contributed by atoms with Gasteiger partial charge in [-0.2, -0.15) is 0 Å². The Balaban J connectivity index is 2.43. The molecule has 1 saturated carbocycles. The lowest BCUT2D eigenvalue weighted by Gasteiger charge is -2.35. The van der Waals surface area contributed by atoms with Crippen LogP contribution in [-0.2, 0) is 4.79 Å². The monoisotopic (exact) mass is 300 g/mol. The number of urea groups is 1. The van der Waals surface area contributed by atoms with Gasteiger partial charge in [0.1, 0.15) is 0 Å². The topological polar surface area (TPSA) is 98.7 Å². The second kappa shape index (κ2) is 7.64. The molecule has 4 N–H and O–H groups in total. The summed E-state index contributed by atoms with van der Waals surface area (Å²) in [6.45, 7) is 5.66. The molecular weight excluding hydrogens is 272 g/mol. The van der Waals surface area contributed by atoms with Crippen LogP contribution < -0.4 is 10.6 Å². The van der Waals surface area contributed by atoms with Crippen molar-refractivity contribution in [1.82, 2.24) is 10.6 Å². The first-order valence-corrected chi connectivity index (χ1v) is 7.70. The Kier molecular flexibility index (Phi) is 6.45. The molecule has 0 bridgehead atoms. The number of carboxylic acid groups (broad SMARTS) is 1. The van der Waals surface area contributed by atoms with E-state index in [1.54, 1.807) is 0 Å². The van der Waals surface area contributed by atoms with Crippen molar-refractivity contribution in [1.29, 1.82) is 0 Å². The fourth-order valence-corrected chi connectivity index (χ4v) is 3.02. The molecule has 3 atom stereocenters. The number of aliphatic hydroxyl groups is 1. The number of nitrogens with one attached hydrogen (secondary N) is 2. The van der Waals surface area contributed by atoms with Crippen molar-refractivity contribution in [3.05, 3.63) is 0 Å². The summed E-state index contributed by atoms with van der Waals surface area (Å²) in [5.41, 5.74) is -1.44. The third-order valence-corrected chi connectivity index (χ3v) is 4.15. The van der Waals surface area contributed by atoms with Gasteiger partial charge >= 0.3 is 12.0 Å². The van der Waals surface area contributed by atoms with E-state index in [4.69, 9.17) is 5.11 Å². The van der Waals surface area contributed by atoms with E-state index in [-0.39, 0.29) is 18.6 Å². The summed E-state index contributed by atoms with van der Waals surface area (Å²) < 4.78 is 0. The van der Waals surface area contributed by atoms with E-state index in [1.807, 2.05) is 0 Å². The lowest BCUT2D eigenvalue weighted by Crippen LogP contribution is -2.51. The molecule has 1 fully saturated rings. The number of hydrogen-bond donors (Lipinski definition) is 4. The Morgan fingerprint density at radius 2 is 1.90 bits per heavy atom. The van der Waals surface area contributed by atoms with E-state index in [1.165, 1.54) is 13.3 Å². The van der Waals surface area contributed by atoms with Gasteiger partial charge in [-0.25, -0.2) is 4.79 Å². The highest BCUT2D eigenvalue weighted by atomic mass is 16.4. The first-order valence-electron chi connectivity index (χ1n) is 7.70. The molecule has 6 nitrogen and oxygen atoms in total. The molecule has 0 spiro atoms. The first kappa shape index (κ1) is 17.8. The molecule has 6 heteroatoms. The predicted molar refractivity (Wildman–Crippen MR) is 80.0 cm³/mol. The molecule has 3 unspecified atom stereocenters. The van der Waals surface area contributed by atoms with Crippen LogP contribution in [0, 0.1) is 11.8 Å². The number of hydrogen-bond acceptors (Lipinski definition) is 3. The highest BCUT2D eigenvalue weighted by Gasteiger charge is 2.29. The van der Waals surface area contributed by atoms with Crippen LogP contribution in [0.15, 0.2) is 0 Å². The second-order valence-electron chi connectivity index (χ2n) is 6.69. The molecule has 0 aliphatic heterocycles. The zero-order chi connectivity index (χ0) is 16.0. The normalized spacial score (nSPS) is 25.2. The summed E-state index contributed by atoms with van der Waals surface area (Å²) in [5, 5.41) is 24.1. The van der Waals surface area contributed by atoms with E-state index in [9.17, 15) is 14.7 Å². The maximum absolute atomic E-state index is 11.9. The van der Waals surface area contributed by atoms with E-state index < -0.39 is 18.0 Å². The van der Waals surface area contributed by atoms with Crippen LogP contribution in [0.25, 0.3) is 0 Å². The Morgan fingerprint density at radius 1 is 1.29 bits per heavy atom. The molecular formula is C15H28N2O4. The number of aliphatic carboxylic acids is 1. The van der Waals surface area contributed by atoms with Crippen molar-refractivity contribution in [2.45, 2.75) is 64.5 Å². The van der Waals surface area contributed by atoms with Crippen LogP contribution in [0.2, 0.25) is 0 Å². The zero-order valence-corrected chi connectivity index (χ0v) is 13.2. The molecule has 1 aliphatic rings. The fourth-order valence-electron chi connectivity index (χ4n) is 3.02. The number of carbonyl (C=O) groups excluding carboxylic acids is 1. The smallest absolute Gasteiger partial charge is 0.315 e. The molecule has 21 heavy (non-hydrogen) atoms. The molecule has 0 aromatic rings. The molecule has 0 aromatic carbocycles. The maximum atomic E-state index is 11.9. The minimum absolute atomic E-state index is 0.0792. The summed E-state index contributed by atoms with van der Waals surface area (Å²) >= 11 is 0. The summed E-state index contributed by atoms with van der Waals surface area (Å²) in [6, 6.07) is -0.179. The van der Waals surface area contributed by atoms with Gasteiger partial charge in [0.25, 0.3) is 0 Å². The van der Waals surface area contributed by atoms with Crippen molar-refractivity contribution in [3.8, 4) is 0 Å². The van der Waals surface area contributed by atoms with Gasteiger partial charge < -0.3 is 20.8 Å². The highest BCUT2D eigenvalue weighted by Crippen LogP contribution is 2.30. The Morgan fingerprint density at radius 3 is 2.48 bits per heavy atom. The molecule has 1 rings (SSSR count). The number of carboxylic acids is 1. The van der Waals surface area contributed by atoms with E-state index in [2.05, 4.69) is 24.5 Å². The van der Waals surface area contributed by atoms with Crippen LogP contribution in [0.4, 0.5) is 4.79 Å². The van der Waals surface area contributed by atoms with Crippen LogP contribution in [-0.4, -0.2) is 40.4 Å². The third kappa shape index (κ3) is 6.33. The molecule has 1 aliphatic carbocycles. The molecule has 0 radical (unpaired) electrons. The zero-order valence-electron chi connectivity index (χ0n) is 13.2. The SMILES string of the molecule is CC(C)C1CCCCC1NC(=O)NCC(C)(O)CC(=O)O.